The van der Waals surface area contributed by atoms with Crippen LogP contribution in [0.1, 0.15) is 168 Å². The van der Waals surface area contributed by atoms with E-state index in [1.807, 2.05) is 0 Å². The summed E-state index contributed by atoms with van der Waals surface area (Å²) in [5.74, 6) is -2.25. The quantitative estimate of drug-likeness (QED) is 0.0431. The van der Waals surface area contributed by atoms with Gasteiger partial charge >= 0.3 is 0 Å². The highest BCUT2D eigenvalue weighted by atomic mass is 16.7. The van der Waals surface area contributed by atoms with Crippen LogP contribution in [0.25, 0.3) is 0 Å². The molecule has 386 valence electrons. The number of rotatable bonds is 38. The standard InChI is InChI=1S/C49H92N4O13/c1-8-10-12-14-16-18-20-22-24-26-30-50-41(56)32-36(47(59)51-31-27-25-23-21-19-17-15-13-11-9-2)53-40(55)29-28-39(54)52-33-37-35(3)42(57)45(61-5)49(64-37)66-44-38(34-60-4)65-48(63-7)46(62-6)43(44)58/h35-38,42-46,48-49,57-58H,8-34H2,1-7H3,(H,50,56)(H,51,59)(H,52,54)(H,53,55)/t35-,36+,37?,38?,42+,43+,44-,45?,46?,48+,49-/m1/s1. The van der Waals surface area contributed by atoms with Crippen LogP contribution in [0.15, 0.2) is 0 Å². The minimum atomic E-state index is -1.23. The molecule has 0 saturated carbocycles. The molecule has 2 aliphatic heterocycles. The van der Waals surface area contributed by atoms with Gasteiger partial charge in [-0.2, -0.15) is 0 Å². The molecule has 2 heterocycles. The van der Waals surface area contributed by atoms with Crippen molar-refractivity contribution in [3.05, 3.63) is 0 Å². The molecule has 0 radical (unpaired) electrons. The Morgan fingerprint density at radius 3 is 1.55 bits per heavy atom. The van der Waals surface area contributed by atoms with Crippen LogP contribution in [0.5, 0.6) is 0 Å². The van der Waals surface area contributed by atoms with Crippen LogP contribution in [0.2, 0.25) is 0 Å². The summed E-state index contributed by atoms with van der Waals surface area (Å²) in [4.78, 5) is 52.7. The smallest absolute Gasteiger partial charge is 0.243 e. The van der Waals surface area contributed by atoms with E-state index in [-0.39, 0.29) is 38.3 Å². The summed E-state index contributed by atoms with van der Waals surface area (Å²) in [7, 11) is 5.73. The van der Waals surface area contributed by atoms with E-state index in [1.165, 1.54) is 118 Å². The zero-order valence-corrected chi connectivity index (χ0v) is 41.8. The highest BCUT2D eigenvalue weighted by Gasteiger charge is 2.51. The molecule has 2 saturated heterocycles. The van der Waals surface area contributed by atoms with Crippen LogP contribution in [0.4, 0.5) is 0 Å². The van der Waals surface area contributed by atoms with Gasteiger partial charge in [-0.05, 0) is 12.8 Å². The molecule has 2 fully saturated rings. The molecule has 6 N–H and O–H groups in total. The number of methoxy groups -OCH3 is 4. The molecule has 4 amide bonds. The lowest BCUT2D eigenvalue weighted by atomic mass is 9.90. The Kier molecular flexibility index (Phi) is 33.0. The number of carbonyl (C=O) groups is 4. The van der Waals surface area contributed by atoms with E-state index in [2.05, 4.69) is 35.1 Å². The molecule has 4 unspecified atom stereocenters. The van der Waals surface area contributed by atoms with Gasteiger partial charge in [-0.1, -0.05) is 136 Å². The van der Waals surface area contributed by atoms with E-state index in [4.69, 9.17) is 33.2 Å². The van der Waals surface area contributed by atoms with Crippen LogP contribution < -0.4 is 21.3 Å². The van der Waals surface area contributed by atoms with Crippen molar-refractivity contribution >= 4 is 23.6 Å². The van der Waals surface area contributed by atoms with E-state index in [1.54, 1.807) is 6.92 Å². The summed E-state index contributed by atoms with van der Waals surface area (Å²) in [6.07, 6.45) is 14.1. The third-order valence-electron chi connectivity index (χ3n) is 12.9. The number of amides is 4. The molecular weight excluding hydrogens is 853 g/mol. The molecule has 0 aromatic carbocycles. The van der Waals surface area contributed by atoms with E-state index >= 15 is 0 Å². The second-order valence-electron chi connectivity index (χ2n) is 18.3. The minimum Gasteiger partial charge on any atom is -0.390 e. The summed E-state index contributed by atoms with van der Waals surface area (Å²) >= 11 is 0. The summed E-state index contributed by atoms with van der Waals surface area (Å²) in [6, 6.07) is -1.09. The number of hydrogen-bond acceptors (Lipinski definition) is 13. The first kappa shape index (κ1) is 59.6. The third kappa shape index (κ3) is 23.2. The van der Waals surface area contributed by atoms with Gasteiger partial charge in [-0.25, -0.2) is 0 Å². The lowest BCUT2D eigenvalue weighted by molar-refractivity contribution is -0.355. The van der Waals surface area contributed by atoms with Crippen molar-refractivity contribution in [2.45, 2.75) is 230 Å². The largest absolute Gasteiger partial charge is 0.390 e. The molecule has 0 spiro atoms. The van der Waals surface area contributed by atoms with Crippen LogP contribution in [-0.2, 0) is 52.3 Å². The fourth-order valence-electron chi connectivity index (χ4n) is 8.66. The highest BCUT2D eigenvalue weighted by Crippen LogP contribution is 2.33. The van der Waals surface area contributed by atoms with Crippen molar-refractivity contribution in [3.63, 3.8) is 0 Å². The van der Waals surface area contributed by atoms with E-state index < -0.39 is 85.0 Å². The van der Waals surface area contributed by atoms with E-state index in [0.717, 1.165) is 38.5 Å². The molecule has 11 atom stereocenters. The van der Waals surface area contributed by atoms with Gasteiger partial charge in [0.05, 0.1) is 25.2 Å². The van der Waals surface area contributed by atoms with Gasteiger partial charge < -0.3 is 64.6 Å². The number of aliphatic hydroxyl groups excluding tert-OH is 2. The van der Waals surface area contributed by atoms with Gasteiger partial charge in [0, 0.05) is 66.8 Å². The zero-order valence-electron chi connectivity index (χ0n) is 41.8. The normalized spacial score (nSPS) is 25.8. The predicted molar refractivity (Wildman–Crippen MR) is 252 cm³/mol. The number of unbranched alkanes of at least 4 members (excludes halogenated alkanes) is 18. The lowest BCUT2D eigenvalue weighted by Crippen LogP contribution is -2.64. The molecule has 66 heavy (non-hydrogen) atoms. The average molecular weight is 945 g/mol. The van der Waals surface area contributed by atoms with Crippen molar-refractivity contribution in [1.29, 1.82) is 0 Å². The summed E-state index contributed by atoms with van der Waals surface area (Å²) in [5.41, 5.74) is 0. The highest BCUT2D eigenvalue weighted by molar-refractivity contribution is 5.92. The first-order valence-corrected chi connectivity index (χ1v) is 25.5. The maximum Gasteiger partial charge on any atom is 0.243 e. The fraction of sp³-hybridized carbons (Fsp3) is 0.918. The maximum absolute atomic E-state index is 13.4. The van der Waals surface area contributed by atoms with Crippen LogP contribution in [0.3, 0.4) is 0 Å². The summed E-state index contributed by atoms with van der Waals surface area (Å²) in [6.45, 7) is 7.16. The second kappa shape index (κ2) is 36.5. The van der Waals surface area contributed by atoms with Crippen LogP contribution in [-0.4, -0.2) is 150 Å². The Labute approximate surface area is 396 Å². The van der Waals surface area contributed by atoms with Crippen molar-refractivity contribution in [3.8, 4) is 0 Å². The summed E-state index contributed by atoms with van der Waals surface area (Å²) < 4.78 is 40.2. The Hall–Kier alpha value is -2.48. The van der Waals surface area contributed by atoms with Crippen LogP contribution in [0, 0.1) is 5.92 Å². The number of aliphatic hydroxyl groups is 2. The molecule has 0 aliphatic carbocycles. The average Bonchev–Trinajstić information content (AvgIpc) is 3.30. The minimum absolute atomic E-state index is 0.0319. The lowest BCUT2D eigenvalue weighted by Gasteiger charge is -2.47. The summed E-state index contributed by atoms with van der Waals surface area (Å²) in [5, 5.41) is 33.8. The number of hydrogen-bond donors (Lipinski definition) is 6. The number of nitrogens with one attached hydrogen (secondary N) is 4. The van der Waals surface area contributed by atoms with Gasteiger partial charge in [0.2, 0.25) is 23.6 Å². The predicted octanol–water partition coefficient (Wildman–Crippen LogP) is 5.35. The molecular formula is C49H92N4O13. The Bertz CT molecular complexity index is 1300. The SMILES string of the molecule is CCCCCCCCCCCCNC(=O)C[C@H](NC(=O)CCC(=O)NCC1O[C@H](O[C@@H]2C(COC)O[C@H](OC)C(OC)[C@H]2O)C(OC)[C@@H](O)[C@@H]1C)C(=O)NCCCCCCCCCCCC. The molecule has 0 aromatic heterocycles. The number of ether oxygens (including phenoxy) is 7. The second-order valence-corrected chi connectivity index (χ2v) is 18.3. The topological polar surface area (TPSA) is 221 Å². The van der Waals surface area contributed by atoms with Crippen LogP contribution >= 0.6 is 0 Å². The molecule has 0 bridgehead atoms. The first-order chi connectivity index (χ1) is 31.9. The van der Waals surface area contributed by atoms with Gasteiger partial charge in [0.25, 0.3) is 0 Å². The zero-order chi connectivity index (χ0) is 48.5. The van der Waals surface area contributed by atoms with Gasteiger partial charge in [0.15, 0.2) is 12.6 Å². The molecule has 17 heteroatoms. The molecule has 17 nitrogen and oxygen atoms in total. The van der Waals surface area contributed by atoms with E-state index in [0.29, 0.717) is 13.1 Å². The van der Waals surface area contributed by atoms with Gasteiger partial charge in [-0.3, -0.25) is 19.2 Å². The van der Waals surface area contributed by atoms with E-state index in [9.17, 15) is 29.4 Å². The van der Waals surface area contributed by atoms with Crippen molar-refractivity contribution < 1.29 is 62.5 Å². The van der Waals surface area contributed by atoms with Crippen molar-refractivity contribution in [1.82, 2.24) is 21.3 Å². The third-order valence-corrected chi connectivity index (χ3v) is 12.9. The van der Waals surface area contributed by atoms with Crippen molar-refractivity contribution in [2.24, 2.45) is 5.92 Å². The Morgan fingerprint density at radius 2 is 1.03 bits per heavy atom. The number of carbonyl (C=O) groups excluding carboxylic acids is 4. The van der Waals surface area contributed by atoms with Crippen molar-refractivity contribution in [2.75, 3.05) is 54.7 Å². The van der Waals surface area contributed by atoms with Gasteiger partial charge in [0.1, 0.15) is 36.6 Å². The Morgan fingerprint density at radius 1 is 0.545 bits per heavy atom. The fourth-order valence-corrected chi connectivity index (χ4v) is 8.66. The van der Waals surface area contributed by atoms with Gasteiger partial charge in [-0.15, -0.1) is 0 Å². The Balaban J connectivity index is 1.92. The molecule has 2 rings (SSSR count). The monoisotopic (exact) mass is 945 g/mol. The first-order valence-electron chi connectivity index (χ1n) is 25.5. The molecule has 2 aliphatic rings. The molecule has 0 aromatic rings. The maximum atomic E-state index is 13.4.